The lowest BCUT2D eigenvalue weighted by atomic mass is 10.2. The first-order chi connectivity index (χ1) is 10.7. The number of hydrogen-bond donors (Lipinski definition) is 0. The van der Waals surface area contributed by atoms with Crippen molar-refractivity contribution in [3.63, 3.8) is 0 Å². The average Bonchev–Trinajstić information content (AvgIpc) is 3.07. The predicted octanol–water partition coefficient (Wildman–Crippen LogP) is 2.63. The second-order valence-electron chi connectivity index (χ2n) is 4.81. The van der Waals surface area contributed by atoms with Crippen LogP contribution < -0.4 is 4.90 Å². The van der Waals surface area contributed by atoms with Gasteiger partial charge < -0.3 is 9.80 Å². The van der Waals surface area contributed by atoms with E-state index in [4.69, 9.17) is 11.6 Å². The van der Waals surface area contributed by atoms with Crippen molar-refractivity contribution in [2.45, 2.75) is 4.34 Å². The first kappa shape index (κ1) is 15.6. The summed E-state index contributed by atoms with van der Waals surface area (Å²) in [4.78, 5) is 16.4. The van der Waals surface area contributed by atoms with Crippen LogP contribution in [-0.2, 0) is 4.79 Å². The van der Waals surface area contributed by atoms with Gasteiger partial charge in [-0.05, 0) is 12.1 Å². The van der Waals surface area contributed by atoms with Gasteiger partial charge in [-0.1, -0.05) is 46.8 Å². The molecule has 2 aromatic rings. The molecule has 116 valence electrons. The average molecular weight is 355 g/mol. The minimum absolute atomic E-state index is 0.152. The highest BCUT2D eigenvalue weighted by Gasteiger charge is 2.22. The van der Waals surface area contributed by atoms with E-state index in [0.717, 1.165) is 41.2 Å². The molecule has 8 heteroatoms. The maximum Gasteiger partial charge on any atom is 0.233 e. The Bertz CT molecular complexity index is 630. The van der Waals surface area contributed by atoms with Gasteiger partial charge in [0.1, 0.15) is 5.51 Å². The molecule has 0 unspecified atom stereocenters. The number of hydrogen-bond acceptors (Lipinski definition) is 6. The van der Waals surface area contributed by atoms with Gasteiger partial charge in [-0.15, -0.1) is 10.2 Å². The molecule has 22 heavy (non-hydrogen) atoms. The summed E-state index contributed by atoms with van der Waals surface area (Å²) in [6.07, 6.45) is 0. The Morgan fingerprint density at radius 2 is 2.05 bits per heavy atom. The van der Waals surface area contributed by atoms with E-state index in [1.807, 2.05) is 29.2 Å². The van der Waals surface area contributed by atoms with E-state index >= 15 is 0 Å². The van der Waals surface area contributed by atoms with E-state index in [-0.39, 0.29) is 5.91 Å². The van der Waals surface area contributed by atoms with Crippen LogP contribution in [0.15, 0.2) is 34.1 Å². The van der Waals surface area contributed by atoms with Crippen molar-refractivity contribution >= 4 is 46.3 Å². The van der Waals surface area contributed by atoms with Crippen LogP contribution in [0.25, 0.3) is 0 Å². The van der Waals surface area contributed by atoms with Crippen LogP contribution in [0.5, 0.6) is 0 Å². The Kier molecular flexibility index (Phi) is 5.17. The van der Waals surface area contributed by atoms with Crippen LogP contribution in [-0.4, -0.2) is 52.9 Å². The van der Waals surface area contributed by atoms with Crippen molar-refractivity contribution in [1.29, 1.82) is 0 Å². The number of piperazine rings is 1. The highest BCUT2D eigenvalue weighted by atomic mass is 35.5. The highest BCUT2D eigenvalue weighted by molar-refractivity contribution is 8.01. The van der Waals surface area contributed by atoms with Crippen molar-refractivity contribution in [3.8, 4) is 0 Å². The first-order valence-electron chi connectivity index (χ1n) is 6.90. The lowest BCUT2D eigenvalue weighted by molar-refractivity contribution is -0.128. The van der Waals surface area contributed by atoms with E-state index in [9.17, 15) is 4.79 Å². The van der Waals surface area contributed by atoms with Crippen molar-refractivity contribution in [2.24, 2.45) is 0 Å². The first-order valence-corrected chi connectivity index (χ1v) is 9.14. The Hall–Kier alpha value is -1.31. The zero-order valence-corrected chi connectivity index (χ0v) is 14.2. The van der Waals surface area contributed by atoms with Gasteiger partial charge in [0, 0.05) is 26.2 Å². The number of rotatable bonds is 4. The topological polar surface area (TPSA) is 49.3 Å². The molecule has 0 saturated carbocycles. The summed E-state index contributed by atoms with van der Waals surface area (Å²) in [6.45, 7) is 3.05. The molecule has 1 aliphatic heterocycles. The molecule has 1 saturated heterocycles. The van der Waals surface area contributed by atoms with Gasteiger partial charge in [0.15, 0.2) is 4.34 Å². The van der Waals surface area contributed by atoms with E-state index in [0.29, 0.717) is 5.75 Å². The molecule has 3 rings (SSSR count). The molecule has 0 atom stereocenters. The molecule has 5 nitrogen and oxygen atoms in total. The Morgan fingerprint density at radius 1 is 1.27 bits per heavy atom. The second-order valence-corrected chi connectivity index (χ2v) is 7.28. The van der Waals surface area contributed by atoms with Gasteiger partial charge in [0.2, 0.25) is 5.91 Å². The third kappa shape index (κ3) is 3.71. The number of para-hydroxylation sites is 1. The zero-order chi connectivity index (χ0) is 15.4. The summed E-state index contributed by atoms with van der Waals surface area (Å²) in [5, 5.41) is 8.46. The van der Waals surface area contributed by atoms with Gasteiger partial charge in [-0.2, -0.15) is 0 Å². The van der Waals surface area contributed by atoms with Crippen LogP contribution in [0.1, 0.15) is 0 Å². The summed E-state index contributed by atoms with van der Waals surface area (Å²) in [7, 11) is 0. The minimum Gasteiger partial charge on any atom is -0.367 e. The lowest BCUT2D eigenvalue weighted by Crippen LogP contribution is -2.49. The third-order valence-electron chi connectivity index (χ3n) is 3.48. The summed E-state index contributed by atoms with van der Waals surface area (Å²) < 4.78 is 0.836. The molecule has 0 N–H and O–H groups in total. The van der Waals surface area contributed by atoms with E-state index < -0.39 is 0 Å². The fraction of sp³-hybridized carbons (Fsp3) is 0.357. The minimum atomic E-state index is 0.152. The monoisotopic (exact) mass is 354 g/mol. The molecule has 0 aliphatic carbocycles. The van der Waals surface area contributed by atoms with Crippen LogP contribution in [0.4, 0.5) is 5.69 Å². The molecule has 1 amide bonds. The van der Waals surface area contributed by atoms with Gasteiger partial charge >= 0.3 is 0 Å². The summed E-state index contributed by atoms with van der Waals surface area (Å²) in [6, 6.07) is 7.83. The number of carbonyl (C=O) groups is 1. The third-order valence-corrected chi connectivity index (χ3v) is 5.65. The van der Waals surface area contributed by atoms with E-state index in [1.165, 1.54) is 23.1 Å². The van der Waals surface area contributed by atoms with Crippen LogP contribution in [0.3, 0.4) is 0 Å². The normalized spacial score (nSPS) is 15.1. The molecule has 1 fully saturated rings. The number of nitrogens with zero attached hydrogens (tertiary/aromatic N) is 4. The van der Waals surface area contributed by atoms with Crippen molar-refractivity contribution in [3.05, 3.63) is 34.8 Å². The predicted molar refractivity (Wildman–Crippen MR) is 90.9 cm³/mol. The van der Waals surface area contributed by atoms with Crippen molar-refractivity contribution in [2.75, 3.05) is 36.8 Å². The molecular formula is C14H15ClN4OS2. The van der Waals surface area contributed by atoms with Gasteiger partial charge in [0.05, 0.1) is 16.5 Å². The van der Waals surface area contributed by atoms with Gasteiger partial charge in [-0.25, -0.2) is 0 Å². The van der Waals surface area contributed by atoms with Crippen LogP contribution in [0, 0.1) is 0 Å². The van der Waals surface area contributed by atoms with Crippen LogP contribution in [0.2, 0.25) is 5.02 Å². The van der Waals surface area contributed by atoms with Crippen molar-refractivity contribution in [1.82, 2.24) is 15.1 Å². The Morgan fingerprint density at radius 3 is 2.73 bits per heavy atom. The molecule has 2 heterocycles. The zero-order valence-electron chi connectivity index (χ0n) is 11.8. The molecule has 1 aromatic carbocycles. The Balaban J connectivity index is 1.51. The number of benzene rings is 1. The number of thioether (sulfide) groups is 1. The molecule has 1 aliphatic rings. The SMILES string of the molecule is O=C(CSc1nncs1)N1CCN(c2ccccc2Cl)CC1. The standard InChI is InChI=1S/C14H15ClN4OS2/c15-11-3-1-2-4-12(11)18-5-7-19(8-6-18)13(20)9-21-14-17-16-10-22-14/h1-4,10H,5-9H2. The summed E-state index contributed by atoms with van der Waals surface area (Å²) in [5.74, 6) is 0.570. The quantitative estimate of drug-likeness (QED) is 0.790. The summed E-state index contributed by atoms with van der Waals surface area (Å²) in [5.41, 5.74) is 2.72. The number of anilines is 1. The maximum atomic E-state index is 12.2. The van der Waals surface area contributed by atoms with Gasteiger partial charge in [0.25, 0.3) is 0 Å². The fourth-order valence-corrected chi connectivity index (χ4v) is 3.99. The largest absolute Gasteiger partial charge is 0.367 e. The second kappa shape index (κ2) is 7.30. The van der Waals surface area contributed by atoms with E-state index in [1.54, 1.807) is 5.51 Å². The van der Waals surface area contributed by atoms with Crippen molar-refractivity contribution < 1.29 is 4.79 Å². The van der Waals surface area contributed by atoms with E-state index in [2.05, 4.69) is 15.1 Å². The van der Waals surface area contributed by atoms with Crippen LogP contribution >= 0.6 is 34.7 Å². The number of aromatic nitrogens is 2. The molecule has 0 spiro atoms. The highest BCUT2D eigenvalue weighted by Crippen LogP contribution is 2.26. The smallest absolute Gasteiger partial charge is 0.233 e. The fourth-order valence-electron chi connectivity index (χ4n) is 2.35. The molecule has 1 aromatic heterocycles. The number of amides is 1. The molecule has 0 bridgehead atoms. The maximum absolute atomic E-state index is 12.2. The molecular weight excluding hydrogens is 340 g/mol. The lowest BCUT2D eigenvalue weighted by Gasteiger charge is -2.36. The number of carbonyl (C=O) groups excluding carboxylic acids is 1. The Labute approximate surface area is 142 Å². The molecule has 0 radical (unpaired) electrons. The van der Waals surface area contributed by atoms with Gasteiger partial charge in [-0.3, -0.25) is 4.79 Å². The summed E-state index contributed by atoms with van der Waals surface area (Å²) >= 11 is 9.13. The number of halogens is 1.